The van der Waals surface area contributed by atoms with E-state index in [0.29, 0.717) is 34.7 Å². The van der Waals surface area contributed by atoms with Crippen molar-refractivity contribution in [1.82, 2.24) is 24.7 Å². The average Bonchev–Trinajstić information content (AvgIpc) is 3.28. The van der Waals surface area contributed by atoms with Crippen LogP contribution in [-0.2, 0) is 10.0 Å². The largest absolute Gasteiger partial charge is 0.439 e. The molecule has 1 aromatic carbocycles. The summed E-state index contributed by atoms with van der Waals surface area (Å²) in [5.41, 5.74) is 0.675. The van der Waals surface area contributed by atoms with E-state index in [0.717, 1.165) is 5.82 Å². The summed E-state index contributed by atoms with van der Waals surface area (Å²) >= 11 is 0. The van der Waals surface area contributed by atoms with Crippen LogP contribution < -0.4 is 9.46 Å². The molecule has 0 atom stereocenters. The van der Waals surface area contributed by atoms with Crippen LogP contribution in [0.5, 0.6) is 11.6 Å². The molecule has 4 rings (SSSR count). The van der Waals surface area contributed by atoms with Crippen molar-refractivity contribution >= 4 is 15.7 Å². The minimum absolute atomic E-state index is 0.0339. The lowest BCUT2D eigenvalue weighted by atomic mass is 10.3. The Hall–Kier alpha value is -3.73. The zero-order valence-corrected chi connectivity index (χ0v) is 18.1. The van der Waals surface area contributed by atoms with Crippen LogP contribution in [0.1, 0.15) is 23.1 Å². The summed E-state index contributed by atoms with van der Waals surface area (Å²) in [7, 11) is -3.82. The van der Waals surface area contributed by atoms with Crippen LogP contribution >= 0.6 is 0 Å². The first kappa shape index (κ1) is 20.5. The maximum atomic E-state index is 12.6. The molecule has 0 aliphatic rings. The van der Waals surface area contributed by atoms with Gasteiger partial charge in [-0.3, -0.25) is 9.29 Å². The maximum Gasteiger partial charge on any atom is 0.267 e. The van der Waals surface area contributed by atoms with Crippen LogP contribution in [0.15, 0.2) is 52.1 Å². The summed E-state index contributed by atoms with van der Waals surface area (Å²) in [5.74, 6) is 3.06. The van der Waals surface area contributed by atoms with Crippen molar-refractivity contribution in [2.75, 3.05) is 4.72 Å². The lowest BCUT2D eigenvalue weighted by Crippen LogP contribution is -2.14. The van der Waals surface area contributed by atoms with Gasteiger partial charge in [0.15, 0.2) is 10.7 Å². The fraction of sp³-hybridized carbons (Fsp3) is 0.200. The predicted octanol–water partition coefficient (Wildman–Crippen LogP) is 3.48. The van der Waals surface area contributed by atoms with E-state index >= 15 is 0 Å². The first-order valence-corrected chi connectivity index (χ1v) is 10.8. The summed E-state index contributed by atoms with van der Waals surface area (Å²) in [5, 5.41) is 3.69. The van der Waals surface area contributed by atoms with Crippen molar-refractivity contribution in [3.8, 4) is 17.4 Å². The second-order valence-corrected chi connectivity index (χ2v) is 8.46. The lowest BCUT2D eigenvalue weighted by molar-refractivity contribution is 0.390. The molecule has 0 saturated heterocycles. The number of benzene rings is 1. The van der Waals surface area contributed by atoms with Crippen molar-refractivity contribution in [2.45, 2.75) is 32.6 Å². The first-order valence-electron chi connectivity index (χ1n) is 9.32. The minimum Gasteiger partial charge on any atom is -0.439 e. The van der Waals surface area contributed by atoms with Crippen molar-refractivity contribution < 1.29 is 17.7 Å². The second-order valence-electron chi connectivity index (χ2n) is 6.84. The van der Waals surface area contributed by atoms with Crippen molar-refractivity contribution in [3.63, 3.8) is 0 Å². The zero-order chi connectivity index (χ0) is 22.2. The molecule has 0 aliphatic carbocycles. The smallest absolute Gasteiger partial charge is 0.267 e. The van der Waals surface area contributed by atoms with Gasteiger partial charge in [-0.1, -0.05) is 5.16 Å². The Labute approximate surface area is 179 Å². The topological polar surface area (TPSA) is 125 Å². The molecule has 0 amide bonds. The van der Waals surface area contributed by atoms with Crippen LogP contribution in [0.4, 0.5) is 5.69 Å². The van der Waals surface area contributed by atoms with Crippen LogP contribution in [0.25, 0.3) is 5.82 Å². The first-order chi connectivity index (χ1) is 14.7. The number of aromatic nitrogens is 5. The molecule has 0 bridgehead atoms. The van der Waals surface area contributed by atoms with E-state index in [9.17, 15) is 8.42 Å². The normalized spacial score (nSPS) is 11.5. The summed E-state index contributed by atoms with van der Waals surface area (Å²) in [6, 6.07) is 8.19. The number of anilines is 1. The molecule has 0 saturated carbocycles. The quantitative estimate of drug-likeness (QED) is 0.483. The van der Waals surface area contributed by atoms with Crippen LogP contribution in [-0.4, -0.2) is 33.1 Å². The Morgan fingerprint density at radius 2 is 1.81 bits per heavy atom. The van der Waals surface area contributed by atoms with Gasteiger partial charge in [-0.05, 0) is 52.0 Å². The molecular formula is C20H20N6O4S. The Balaban J connectivity index is 1.53. The number of imidazole rings is 1. The highest BCUT2D eigenvalue weighted by Crippen LogP contribution is 2.26. The van der Waals surface area contributed by atoms with Gasteiger partial charge in [0.05, 0.1) is 0 Å². The van der Waals surface area contributed by atoms with Gasteiger partial charge in [-0.15, -0.1) is 0 Å². The van der Waals surface area contributed by atoms with Crippen LogP contribution in [0.2, 0.25) is 0 Å². The molecule has 0 unspecified atom stereocenters. The van der Waals surface area contributed by atoms with Crippen LogP contribution in [0, 0.1) is 27.7 Å². The number of nitrogens with zero attached hydrogens (tertiary/aromatic N) is 5. The fourth-order valence-corrected chi connectivity index (χ4v) is 4.49. The fourth-order valence-electron chi connectivity index (χ4n) is 3.10. The molecule has 1 N–H and O–H groups in total. The third kappa shape index (κ3) is 4.26. The third-order valence-corrected chi connectivity index (χ3v) is 6.06. The molecule has 160 valence electrons. The number of rotatable bonds is 6. The van der Waals surface area contributed by atoms with Crippen molar-refractivity contribution in [1.29, 1.82) is 0 Å². The second kappa shape index (κ2) is 7.84. The summed E-state index contributed by atoms with van der Waals surface area (Å²) in [6.45, 7) is 6.77. The highest BCUT2D eigenvalue weighted by Gasteiger charge is 2.24. The van der Waals surface area contributed by atoms with E-state index in [1.807, 2.05) is 11.5 Å². The summed E-state index contributed by atoms with van der Waals surface area (Å²) in [6.07, 6.45) is 3.50. The SMILES string of the molecule is Cc1nc(Oc2ccc(NS(=O)(=O)c3c(C)noc3C)cc2)cc(-n2ccnc2C)n1. The lowest BCUT2D eigenvalue weighted by Gasteiger charge is -2.11. The Morgan fingerprint density at radius 3 is 2.42 bits per heavy atom. The van der Waals surface area contributed by atoms with Gasteiger partial charge in [0.1, 0.15) is 28.9 Å². The van der Waals surface area contributed by atoms with Crippen molar-refractivity contribution in [3.05, 3.63) is 65.8 Å². The monoisotopic (exact) mass is 440 g/mol. The van der Waals surface area contributed by atoms with Gasteiger partial charge in [-0.25, -0.2) is 18.4 Å². The van der Waals surface area contributed by atoms with Gasteiger partial charge in [0.2, 0.25) is 5.88 Å². The molecule has 3 aromatic heterocycles. The van der Waals surface area contributed by atoms with Gasteiger partial charge >= 0.3 is 0 Å². The Bertz CT molecular complexity index is 1320. The number of sulfonamides is 1. The molecule has 0 aliphatic heterocycles. The van der Waals surface area contributed by atoms with Gasteiger partial charge in [-0.2, -0.15) is 4.98 Å². The standard InChI is InChI=1S/C20H20N6O4S/c1-12-20(13(2)30-24-12)31(27,28)25-16-5-7-17(8-6-16)29-19-11-18(22-14(3)23-19)26-10-9-21-15(26)4/h5-11,25H,1-4H3. The molecule has 11 heteroatoms. The minimum atomic E-state index is -3.82. The molecule has 31 heavy (non-hydrogen) atoms. The Kier molecular flexibility index (Phi) is 5.19. The molecule has 3 heterocycles. The number of ether oxygens (including phenoxy) is 1. The van der Waals surface area contributed by atoms with Gasteiger partial charge in [0, 0.05) is 24.1 Å². The zero-order valence-electron chi connectivity index (χ0n) is 17.3. The maximum absolute atomic E-state index is 12.6. The van der Waals surface area contributed by atoms with Crippen molar-refractivity contribution in [2.24, 2.45) is 0 Å². The van der Waals surface area contributed by atoms with E-state index in [4.69, 9.17) is 9.26 Å². The van der Waals surface area contributed by atoms with E-state index in [1.54, 1.807) is 63.5 Å². The molecule has 0 fully saturated rings. The van der Waals surface area contributed by atoms with E-state index < -0.39 is 10.0 Å². The molecule has 4 aromatic rings. The molecule has 10 nitrogen and oxygen atoms in total. The van der Waals surface area contributed by atoms with Crippen LogP contribution in [0.3, 0.4) is 0 Å². The van der Waals surface area contributed by atoms with E-state index in [1.165, 1.54) is 0 Å². The predicted molar refractivity (Wildman–Crippen MR) is 112 cm³/mol. The highest BCUT2D eigenvalue weighted by atomic mass is 32.2. The average molecular weight is 440 g/mol. The van der Waals surface area contributed by atoms with Gasteiger partial charge < -0.3 is 9.26 Å². The number of nitrogens with one attached hydrogen (secondary N) is 1. The number of aryl methyl sites for hydroxylation is 4. The van der Waals surface area contributed by atoms with E-state index in [2.05, 4.69) is 24.8 Å². The number of hydrogen-bond donors (Lipinski definition) is 1. The summed E-state index contributed by atoms with van der Waals surface area (Å²) < 4.78 is 40.4. The molecule has 0 radical (unpaired) electrons. The Morgan fingerprint density at radius 1 is 1.06 bits per heavy atom. The number of hydrogen-bond acceptors (Lipinski definition) is 8. The third-order valence-electron chi connectivity index (χ3n) is 4.44. The molecule has 0 spiro atoms. The summed E-state index contributed by atoms with van der Waals surface area (Å²) in [4.78, 5) is 13.0. The van der Waals surface area contributed by atoms with Gasteiger partial charge in [0.25, 0.3) is 10.0 Å². The van der Waals surface area contributed by atoms with E-state index in [-0.39, 0.29) is 10.7 Å². The molecular weight excluding hydrogens is 420 g/mol. The highest BCUT2D eigenvalue weighted by molar-refractivity contribution is 7.92.